The minimum Gasteiger partial charge on any atom is -0.454 e. The number of benzene rings is 1. The Morgan fingerprint density at radius 1 is 1.31 bits per heavy atom. The molecule has 1 aliphatic heterocycles. The Morgan fingerprint density at radius 2 is 2.12 bits per heavy atom. The highest BCUT2D eigenvalue weighted by Gasteiger charge is 2.21. The lowest BCUT2D eigenvalue weighted by atomic mass is 10.1. The van der Waals surface area contributed by atoms with Gasteiger partial charge in [0, 0.05) is 17.4 Å². The maximum Gasteiger partial charge on any atom is 0.341 e. The van der Waals surface area contributed by atoms with E-state index in [9.17, 15) is 23.2 Å². The summed E-state index contributed by atoms with van der Waals surface area (Å²) in [7, 11) is 0. The second-order valence-electron chi connectivity index (χ2n) is 5.33. The molecule has 1 aromatic heterocycles. The maximum absolute atomic E-state index is 12.5. The molecule has 1 aliphatic rings. The zero-order valence-electron chi connectivity index (χ0n) is 13.2. The van der Waals surface area contributed by atoms with Gasteiger partial charge in [-0.05, 0) is 47.7 Å². The average molecular weight is 378 g/mol. The molecular weight excluding hydrogens is 366 g/mol. The second-order valence-corrected chi connectivity index (χ2v) is 6.31. The number of amides is 1. The number of thioether (sulfide) groups is 1. The molecule has 6 nitrogen and oxygen atoms in total. The molecule has 0 aliphatic carbocycles. The zero-order chi connectivity index (χ0) is 18.7. The van der Waals surface area contributed by atoms with E-state index in [0.717, 1.165) is 0 Å². The number of alkyl halides is 2. The van der Waals surface area contributed by atoms with Gasteiger partial charge in [-0.15, -0.1) is 0 Å². The van der Waals surface area contributed by atoms with Crippen LogP contribution in [0.4, 0.5) is 14.5 Å². The summed E-state index contributed by atoms with van der Waals surface area (Å²) in [6.45, 7) is -0.549. The molecular formula is C17H12F2N2O4S. The molecule has 1 N–H and O–H groups in total. The highest BCUT2D eigenvalue weighted by atomic mass is 32.2. The molecule has 2 heterocycles. The van der Waals surface area contributed by atoms with Crippen LogP contribution in [-0.2, 0) is 16.0 Å². The summed E-state index contributed by atoms with van der Waals surface area (Å²) >= 11 is 0.129. The Bertz CT molecular complexity index is 889. The van der Waals surface area contributed by atoms with Gasteiger partial charge in [0.05, 0.1) is 12.0 Å². The summed E-state index contributed by atoms with van der Waals surface area (Å²) in [5, 5.41) is 2.49. The van der Waals surface area contributed by atoms with Gasteiger partial charge < -0.3 is 10.1 Å². The third kappa shape index (κ3) is 4.05. The van der Waals surface area contributed by atoms with Crippen molar-refractivity contribution in [3.63, 3.8) is 0 Å². The number of hydrogen-bond acceptors (Lipinski definition) is 6. The van der Waals surface area contributed by atoms with Crippen LogP contribution < -0.4 is 5.32 Å². The smallest absolute Gasteiger partial charge is 0.341 e. The number of fused-ring (bicyclic) bond motifs is 1. The van der Waals surface area contributed by atoms with Crippen LogP contribution in [0.25, 0.3) is 0 Å². The van der Waals surface area contributed by atoms with Gasteiger partial charge in [-0.25, -0.2) is 9.78 Å². The number of esters is 1. The van der Waals surface area contributed by atoms with Crippen molar-refractivity contribution in [3.8, 4) is 0 Å². The number of anilines is 1. The quantitative estimate of drug-likeness (QED) is 0.473. The number of ether oxygens (including phenoxy) is 1. The number of nitrogens with one attached hydrogen (secondary N) is 1. The first-order chi connectivity index (χ1) is 12.4. The van der Waals surface area contributed by atoms with E-state index in [0.29, 0.717) is 16.8 Å². The molecule has 2 aromatic rings. The molecule has 3 rings (SSSR count). The molecule has 0 radical (unpaired) electrons. The van der Waals surface area contributed by atoms with Crippen molar-refractivity contribution in [1.82, 2.24) is 4.98 Å². The van der Waals surface area contributed by atoms with Crippen molar-refractivity contribution in [3.05, 3.63) is 53.2 Å². The lowest BCUT2D eigenvalue weighted by molar-refractivity contribution is -0.115. The predicted octanol–water partition coefficient (Wildman–Crippen LogP) is 2.93. The maximum atomic E-state index is 12.5. The van der Waals surface area contributed by atoms with Gasteiger partial charge in [-0.2, -0.15) is 8.78 Å². The van der Waals surface area contributed by atoms with Gasteiger partial charge in [0.2, 0.25) is 5.91 Å². The molecule has 0 bridgehead atoms. The average Bonchev–Trinajstić information content (AvgIpc) is 2.98. The SMILES string of the molecule is O=C1Cc2cc(C(=O)COC(=O)c3cccnc3SC(F)F)ccc2N1. The van der Waals surface area contributed by atoms with Crippen LogP contribution in [0.3, 0.4) is 0 Å². The Labute approximate surface area is 150 Å². The summed E-state index contributed by atoms with van der Waals surface area (Å²) in [6, 6.07) is 7.40. The van der Waals surface area contributed by atoms with E-state index in [1.54, 1.807) is 12.1 Å². The zero-order valence-corrected chi connectivity index (χ0v) is 14.0. The third-order valence-corrected chi connectivity index (χ3v) is 4.31. The van der Waals surface area contributed by atoms with Gasteiger partial charge in [0.15, 0.2) is 12.4 Å². The summed E-state index contributed by atoms with van der Waals surface area (Å²) in [5.41, 5.74) is 1.50. The minimum atomic E-state index is -2.74. The Morgan fingerprint density at radius 3 is 2.88 bits per heavy atom. The lowest BCUT2D eigenvalue weighted by Crippen LogP contribution is -2.15. The number of pyridine rings is 1. The van der Waals surface area contributed by atoms with Gasteiger partial charge in [0.25, 0.3) is 5.76 Å². The number of rotatable bonds is 6. The van der Waals surface area contributed by atoms with Gasteiger partial charge >= 0.3 is 5.97 Å². The van der Waals surface area contributed by atoms with Crippen molar-refractivity contribution in [1.29, 1.82) is 0 Å². The number of carbonyl (C=O) groups excluding carboxylic acids is 3. The van der Waals surface area contributed by atoms with Crippen LogP contribution in [0.5, 0.6) is 0 Å². The lowest BCUT2D eigenvalue weighted by Gasteiger charge is -2.08. The van der Waals surface area contributed by atoms with E-state index in [-0.39, 0.29) is 34.7 Å². The van der Waals surface area contributed by atoms with E-state index in [2.05, 4.69) is 10.3 Å². The fourth-order valence-corrected chi connectivity index (χ4v) is 2.99. The highest BCUT2D eigenvalue weighted by Crippen LogP contribution is 2.27. The topological polar surface area (TPSA) is 85.4 Å². The van der Waals surface area contributed by atoms with E-state index in [4.69, 9.17) is 4.74 Å². The minimum absolute atomic E-state index is 0.129. The largest absolute Gasteiger partial charge is 0.454 e. The molecule has 1 amide bonds. The predicted molar refractivity (Wildman–Crippen MR) is 89.5 cm³/mol. The molecule has 134 valence electrons. The van der Waals surface area contributed by atoms with Crippen molar-refractivity contribution in [2.75, 3.05) is 11.9 Å². The van der Waals surface area contributed by atoms with Crippen LogP contribution >= 0.6 is 11.8 Å². The monoisotopic (exact) mass is 378 g/mol. The third-order valence-electron chi connectivity index (χ3n) is 3.58. The van der Waals surface area contributed by atoms with Gasteiger partial charge in [-0.3, -0.25) is 9.59 Å². The van der Waals surface area contributed by atoms with E-state index in [1.807, 2.05) is 0 Å². The number of hydrogen-bond donors (Lipinski definition) is 1. The first kappa shape index (κ1) is 18.0. The number of carbonyl (C=O) groups is 3. The van der Waals surface area contributed by atoms with Crippen molar-refractivity contribution in [2.45, 2.75) is 17.2 Å². The van der Waals surface area contributed by atoms with Crippen molar-refractivity contribution in [2.24, 2.45) is 0 Å². The van der Waals surface area contributed by atoms with Gasteiger partial charge in [-0.1, -0.05) is 0 Å². The fourth-order valence-electron chi connectivity index (χ4n) is 2.42. The normalized spacial score (nSPS) is 12.7. The molecule has 9 heteroatoms. The number of Topliss-reactive ketones (excluding diaryl/α,β-unsaturated/α-hetero) is 1. The number of aromatic nitrogens is 1. The summed E-state index contributed by atoms with van der Waals surface area (Å²) < 4.78 is 30.0. The van der Waals surface area contributed by atoms with Crippen LogP contribution in [0.2, 0.25) is 0 Å². The molecule has 0 atom stereocenters. The summed E-state index contributed by atoms with van der Waals surface area (Å²) in [5.74, 6) is -4.27. The standard InChI is InChI=1S/C17H12F2N2O4S/c18-17(19)26-15-11(2-1-5-20-15)16(24)25-8-13(22)9-3-4-12-10(6-9)7-14(23)21-12/h1-6,17H,7-8H2,(H,21,23). The Balaban J connectivity index is 1.66. The van der Waals surface area contributed by atoms with Crippen LogP contribution in [0.15, 0.2) is 41.6 Å². The highest BCUT2D eigenvalue weighted by molar-refractivity contribution is 7.99. The summed E-state index contributed by atoms with van der Waals surface area (Å²) in [6.07, 6.45) is 1.46. The molecule has 0 saturated heterocycles. The molecule has 26 heavy (non-hydrogen) atoms. The Kier molecular flexibility index (Phi) is 5.27. The van der Waals surface area contributed by atoms with E-state index in [1.165, 1.54) is 24.4 Å². The van der Waals surface area contributed by atoms with Gasteiger partial charge in [0.1, 0.15) is 5.03 Å². The molecule has 0 saturated carbocycles. The van der Waals surface area contributed by atoms with Crippen molar-refractivity contribution >= 4 is 35.1 Å². The van der Waals surface area contributed by atoms with Crippen LogP contribution in [0, 0.1) is 0 Å². The molecule has 0 fully saturated rings. The summed E-state index contributed by atoms with van der Waals surface area (Å²) in [4.78, 5) is 39.4. The second kappa shape index (κ2) is 7.61. The molecule has 0 unspecified atom stereocenters. The van der Waals surface area contributed by atoms with E-state index < -0.39 is 24.1 Å². The van der Waals surface area contributed by atoms with Crippen molar-refractivity contribution < 1.29 is 27.9 Å². The first-order valence-corrected chi connectivity index (χ1v) is 8.35. The number of nitrogens with zero attached hydrogens (tertiary/aromatic N) is 1. The Hall–Kier alpha value is -2.81. The molecule has 0 spiro atoms. The van der Waals surface area contributed by atoms with E-state index >= 15 is 0 Å². The number of ketones is 1. The van der Waals surface area contributed by atoms with Crippen LogP contribution in [-0.4, -0.2) is 35.0 Å². The van der Waals surface area contributed by atoms with Crippen LogP contribution in [0.1, 0.15) is 26.3 Å². The number of halogens is 2. The molecule has 1 aromatic carbocycles. The first-order valence-electron chi connectivity index (χ1n) is 7.47. The fraction of sp³-hybridized carbons (Fsp3) is 0.176.